The molecule has 0 fully saturated rings. The minimum absolute atomic E-state index is 0.547. The molecule has 86 valence electrons. The average molecular weight is 233 g/mol. The van der Waals surface area contributed by atoms with Crippen LogP contribution in [-0.2, 0) is 0 Å². The first-order chi connectivity index (χ1) is 7.86. The Morgan fingerprint density at radius 1 is 1.31 bits per heavy atom. The van der Waals surface area contributed by atoms with Gasteiger partial charge in [0.2, 0.25) is 0 Å². The molecule has 2 heteroatoms. The number of thioether (sulfide) groups is 1. The average Bonchev–Trinajstić information content (AvgIpc) is 2.35. The predicted molar refractivity (Wildman–Crippen MR) is 72.7 cm³/mol. The van der Waals surface area contributed by atoms with E-state index in [2.05, 4.69) is 47.5 Å². The van der Waals surface area contributed by atoms with Gasteiger partial charge in [0.05, 0.1) is 0 Å². The topological polar surface area (TPSA) is 12.0 Å². The van der Waals surface area contributed by atoms with Crippen molar-refractivity contribution in [3.8, 4) is 11.8 Å². The molecule has 0 aromatic heterocycles. The molecule has 1 rings (SSSR count). The van der Waals surface area contributed by atoms with Gasteiger partial charge in [0.1, 0.15) is 0 Å². The van der Waals surface area contributed by atoms with Crippen LogP contribution in [0.2, 0.25) is 0 Å². The van der Waals surface area contributed by atoms with Gasteiger partial charge in [0.25, 0.3) is 0 Å². The van der Waals surface area contributed by atoms with Crippen LogP contribution in [0.25, 0.3) is 0 Å². The molecule has 1 N–H and O–H groups in total. The molecule has 0 aliphatic rings. The molecule has 0 heterocycles. The van der Waals surface area contributed by atoms with Crippen molar-refractivity contribution in [1.29, 1.82) is 0 Å². The van der Waals surface area contributed by atoms with Crippen LogP contribution in [-0.4, -0.2) is 18.8 Å². The van der Waals surface area contributed by atoms with Gasteiger partial charge in [-0.05, 0) is 32.5 Å². The SMILES string of the molecule is CC#CCCC(CSc1ccccc1)NC. The fourth-order valence-electron chi connectivity index (χ4n) is 1.40. The third-order valence-electron chi connectivity index (χ3n) is 2.40. The lowest BCUT2D eigenvalue weighted by atomic mass is 10.2. The first-order valence-electron chi connectivity index (χ1n) is 5.61. The van der Waals surface area contributed by atoms with E-state index in [-0.39, 0.29) is 0 Å². The molecule has 1 atom stereocenters. The Hall–Kier alpha value is -0.910. The molecular weight excluding hydrogens is 214 g/mol. The largest absolute Gasteiger partial charge is 0.316 e. The van der Waals surface area contributed by atoms with E-state index in [1.165, 1.54) is 4.90 Å². The Morgan fingerprint density at radius 3 is 2.69 bits per heavy atom. The number of hydrogen-bond donors (Lipinski definition) is 1. The van der Waals surface area contributed by atoms with Crippen LogP contribution in [0, 0.1) is 11.8 Å². The maximum absolute atomic E-state index is 3.34. The number of hydrogen-bond acceptors (Lipinski definition) is 2. The number of rotatable bonds is 6. The van der Waals surface area contributed by atoms with Crippen LogP contribution in [0.1, 0.15) is 19.8 Å². The molecule has 1 aromatic rings. The summed E-state index contributed by atoms with van der Waals surface area (Å²) < 4.78 is 0. The van der Waals surface area contributed by atoms with E-state index in [4.69, 9.17) is 0 Å². The van der Waals surface area contributed by atoms with Gasteiger partial charge in [0.15, 0.2) is 0 Å². The van der Waals surface area contributed by atoms with E-state index in [9.17, 15) is 0 Å². The van der Waals surface area contributed by atoms with Gasteiger partial charge < -0.3 is 5.32 Å². The summed E-state index contributed by atoms with van der Waals surface area (Å²) in [7, 11) is 2.02. The van der Waals surface area contributed by atoms with Crippen molar-refractivity contribution >= 4 is 11.8 Å². The zero-order valence-electron chi connectivity index (χ0n) is 9.99. The highest BCUT2D eigenvalue weighted by molar-refractivity contribution is 7.99. The molecule has 0 spiro atoms. The lowest BCUT2D eigenvalue weighted by Crippen LogP contribution is -2.27. The van der Waals surface area contributed by atoms with Gasteiger partial charge in [-0.3, -0.25) is 0 Å². The lowest BCUT2D eigenvalue weighted by molar-refractivity contribution is 0.582. The van der Waals surface area contributed by atoms with Crippen LogP contribution in [0.5, 0.6) is 0 Å². The van der Waals surface area contributed by atoms with Crippen molar-refractivity contribution in [3.63, 3.8) is 0 Å². The fourth-order valence-corrected chi connectivity index (χ4v) is 2.47. The quantitative estimate of drug-likeness (QED) is 0.598. The normalized spacial score (nSPS) is 11.6. The standard InChI is InChI=1S/C14H19NS/c1-3-4-6-9-13(15-2)12-16-14-10-7-5-8-11-14/h5,7-8,10-11,13,15H,6,9,12H2,1-2H3. The molecular formula is C14H19NS. The van der Waals surface area contributed by atoms with E-state index in [1.807, 2.05) is 25.7 Å². The molecule has 0 bridgehead atoms. The van der Waals surface area contributed by atoms with Crippen molar-refractivity contribution in [2.24, 2.45) is 0 Å². The van der Waals surface area contributed by atoms with Crippen LogP contribution >= 0.6 is 11.8 Å². The monoisotopic (exact) mass is 233 g/mol. The van der Waals surface area contributed by atoms with E-state index in [1.54, 1.807) is 0 Å². The van der Waals surface area contributed by atoms with E-state index < -0.39 is 0 Å². The van der Waals surface area contributed by atoms with Crippen LogP contribution in [0.3, 0.4) is 0 Å². The van der Waals surface area contributed by atoms with Gasteiger partial charge in [-0.2, -0.15) is 0 Å². The zero-order valence-corrected chi connectivity index (χ0v) is 10.8. The Bertz CT molecular complexity index is 337. The molecule has 0 aliphatic heterocycles. The zero-order chi connectivity index (χ0) is 11.6. The van der Waals surface area contributed by atoms with Crippen molar-refractivity contribution in [2.75, 3.05) is 12.8 Å². The molecule has 1 nitrogen and oxygen atoms in total. The molecule has 0 aliphatic carbocycles. The first kappa shape index (κ1) is 13.2. The molecule has 0 amide bonds. The molecule has 16 heavy (non-hydrogen) atoms. The van der Waals surface area contributed by atoms with Crippen LogP contribution in [0.4, 0.5) is 0 Å². The third kappa shape index (κ3) is 5.25. The summed E-state index contributed by atoms with van der Waals surface area (Å²) >= 11 is 1.90. The van der Waals surface area contributed by atoms with Crippen LogP contribution in [0.15, 0.2) is 35.2 Å². The minimum atomic E-state index is 0.547. The Morgan fingerprint density at radius 2 is 2.06 bits per heavy atom. The summed E-state index contributed by atoms with van der Waals surface area (Å²) in [6, 6.07) is 11.1. The summed E-state index contributed by atoms with van der Waals surface area (Å²) in [4.78, 5) is 1.34. The second kappa shape index (κ2) is 8.27. The fraction of sp³-hybridized carbons (Fsp3) is 0.429. The first-order valence-corrected chi connectivity index (χ1v) is 6.60. The second-order valence-corrected chi connectivity index (χ2v) is 4.67. The van der Waals surface area contributed by atoms with Crippen molar-refractivity contribution < 1.29 is 0 Å². The summed E-state index contributed by atoms with van der Waals surface area (Å²) in [5.74, 6) is 7.15. The highest BCUT2D eigenvalue weighted by atomic mass is 32.2. The maximum atomic E-state index is 3.34. The maximum Gasteiger partial charge on any atom is 0.0167 e. The molecule has 1 aromatic carbocycles. The minimum Gasteiger partial charge on any atom is -0.316 e. The van der Waals surface area contributed by atoms with Crippen molar-refractivity contribution in [3.05, 3.63) is 30.3 Å². The summed E-state index contributed by atoms with van der Waals surface area (Å²) in [5.41, 5.74) is 0. The summed E-state index contributed by atoms with van der Waals surface area (Å²) in [5, 5.41) is 3.34. The second-order valence-electron chi connectivity index (χ2n) is 3.58. The number of nitrogens with one attached hydrogen (secondary N) is 1. The summed E-state index contributed by atoms with van der Waals surface area (Å²) in [6.45, 7) is 1.90. The third-order valence-corrected chi connectivity index (χ3v) is 3.57. The molecule has 0 radical (unpaired) electrons. The molecule has 1 unspecified atom stereocenters. The van der Waals surface area contributed by atoms with E-state index in [0.717, 1.165) is 18.6 Å². The summed E-state index contributed by atoms with van der Waals surface area (Å²) in [6.07, 6.45) is 2.11. The van der Waals surface area contributed by atoms with Crippen molar-refractivity contribution in [1.82, 2.24) is 5.32 Å². The Labute approximate surface area is 103 Å². The van der Waals surface area contributed by atoms with Crippen LogP contribution < -0.4 is 5.32 Å². The van der Waals surface area contributed by atoms with E-state index in [0.29, 0.717) is 6.04 Å². The molecule has 0 saturated heterocycles. The number of benzene rings is 1. The smallest absolute Gasteiger partial charge is 0.0167 e. The van der Waals surface area contributed by atoms with Gasteiger partial charge in [0, 0.05) is 23.1 Å². The molecule has 0 saturated carbocycles. The van der Waals surface area contributed by atoms with Gasteiger partial charge in [-0.1, -0.05) is 18.2 Å². The highest BCUT2D eigenvalue weighted by Crippen LogP contribution is 2.18. The Balaban J connectivity index is 2.30. The lowest BCUT2D eigenvalue weighted by Gasteiger charge is -2.14. The van der Waals surface area contributed by atoms with Gasteiger partial charge in [-0.15, -0.1) is 23.6 Å². The van der Waals surface area contributed by atoms with Crippen molar-refractivity contribution in [2.45, 2.75) is 30.7 Å². The van der Waals surface area contributed by atoms with E-state index >= 15 is 0 Å². The predicted octanol–water partition coefficient (Wildman–Crippen LogP) is 3.17. The van der Waals surface area contributed by atoms with Gasteiger partial charge >= 0.3 is 0 Å². The highest BCUT2D eigenvalue weighted by Gasteiger charge is 2.05. The van der Waals surface area contributed by atoms with Gasteiger partial charge in [-0.25, -0.2) is 0 Å². The Kier molecular flexibility index (Phi) is 6.80.